The largest absolute Gasteiger partial charge is 0.394 e. The maximum atomic E-state index is 13.5. The number of hydrogen-bond acceptors (Lipinski definition) is 6. The minimum absolute atomic E-state index is 0.0252. The molecule has 2 saturated heterocycles. The monoisotopic (exact) mass is 590 g/mol. The Kier molecular flexibility index (Phi) is 7.27. The van der Waals surface area contributed by atoms with Crippen LogP contribution >= 0.6 is 23.2 Å². The van der Waals surface area contributed by atoms with Crippen LogP contribution in [0.5, 0.6) is 0 Å². The van der Waals surface area contributed by atoms with Gasteiger partial charge in [0, 0.05) is 35.9 Å². The molecule has 2 aliphatic heterocycles. The Morgan fingerprint density at radius 3 is 2.30 bits per heavy atom. The van der Waals surface area contributed by atoms with Gasteiger partial charge in [0.2, 0.25) is 5.95 Å². The molecule has 1 N–H and O–H groups in total. The first-order valence-electron chi connectivity index (χ1n) is 13.2. The van der Waals surface area contributed by atoms with Gasteiger partial charge in [0.15, 0.2) is 17.0 Å². The highest BCUT2D eigenvalue weighted by molar-refractivity contribution is 6.33. The minimum atomic E-state index is -4.23. The Labute approximate surface area is 239 Å². The van der Waals surface area contributed by atoms with Gasteiger partial charge in [-0.05, 0) is 62.1 Å². The summed E-state index contributed by atoms with van der Waals surface area (Å²) in [4.78, 5) is 18.7. The van der Waals surface area contributed by atoms with Crippen molar-refractivity contribution in [1.82, 2.24) is 19.5 Å². The Bertz CT molecular complexity index is 1520. The van der Waals surface area contributed by atoms with Crippen LogP contribution in [0.15, 0.2) is 48.5 Å². The summed E-state index contributed by atoms with van der Waals surface area (Å²) in [6, 6.07) is 14.4. The zero-order valence-electron chi connectivity index (χ0n) is 21.5. The van der Waals surface area contributed by atoms with Crippen molar-refractivity contribution >= 4 is 46.1 Å². The van der Waals surface area contributed by atoms with Crippen LogP contribution < -0.4 is 9.80 Å². The third-order valence-electron chi connectivity index (χ3n) is 7.78. The van der Waals surface area contributed by atoms with Gasteiger partial charge < -0.3 is 14.9 Å². The van der Waals surface area contributed by atoms with Crippen molar-refractivity contribution in [2.75, 3.05) is 36.0 Å². The molecule has 7 nitrogen and oxygen atoms in total. The molecular weight excluding hydrogens is 564 g/mol. The SMILES string of the molecule is OC[C@@H]1CCCN1c1nc(N2CCC(C(F)(F)F)CC2)c2nc(-c3ccccc3Cl)n(-c3ccc(Cl)cc3)c2n1. The maximum Gasteiger partial charge on any atom is 0.391 e. The van der Waals surface area contributed by atoms with E-state index in [9.17, 15) is 18.3 Å². The lowest BCUT2D eigenvalue weighted by Gasteiger charge is -2.34. The average molecular weight is 591 g/mol. The molecule has 4 aromatic rings. The zero-order valence-corrected chi connectivity index (χ0v) is 23.0. The number of fused-ring (bicyclic) bond motifs is 1. The van der Waals surface area contributed by atoms with Crippen LogP contribution in [0.3, 0.4) is 0 Å². The summed E-state index contributed by atoms with van der Waals surface area (Å²) in [5.74, 6) is 0.0761. The number of rotatable bonds is 5. The van der Waals surface area contributed by atoms with E-state index in [-0.39, 0.29) is 38.6 Å². The quantitative estimate of drug-likeness (QED) is 0.285. The lowest BCUT2D eigenvalue weighted by molar-refractivity contribution is -0.179. The number of anilines is 2. The summed E-state index contributed by atoms with van der Waals surface area (Å²) in [7, 11) is 0. The number of halogens is 5. The van der Waals surface area contributed by atoms with Crippen LogP contribution in [0.4, 0.5) is 24.9 Å². The molecule has 6 rings (SSSR count). The van der Waals surface area contributed by atoms with E-state index >= 15 is 0 Å². The third-order valence-corrected chi connectivity index (χ3v) is 8.36. The van der Waals surface area contributed by atoms with Crippen LogP contribution in [0, 0.1) is 5.92 Å². The first-order chi connectivity index (χ1) is 19.2. The molecule has 0 bridgehead atoms. The van der Waals surface area contributed by atoms with E-state index in [1.807, 2.05) is 44.7 Å². The van der Waals surface area contributed by atoms with Crippen LogP contribution in [0.1, 0.15) is 25.7 Å². The van der Waals surface area contributed by atoms with Crippen molar-refractivity contribution in [3.63, 3.8) is 0 Å². The van der Waals surface area contributed by atoms with E-state index in [1.54, 1.807) is 18.2 Å². The van der Waals surface area contributed by atoms with E-state index in [2.05, 4.69) is 0 Å². The number of aliphatic hydroxyl groups excluding tert-OH is 1. The minimum Gasteiger partial charge on any atom is -0.394 e. The summed E-state index contributed by atoms with van der Waals surface area (Å²) in [5.41, 5.74) is 2.39. The van der Waals surface area contributed by atoms with E-state index in [4.69, 9.17) is 38.2 Å². The normalized spacial score (nSPS) is 18.7. The second-order valence-electron chi connectivity index (χ2n) is 10.2. The standard InChI is InChI=1S/C28H27Cl2F3N6O/c29-18-7-9-19(10-8-18)39-24(21-5-1-2-6-22(21)30)34-23-25(37-14-11-17(12-15-37)28(31,32)33)35-27(36-26(23)39)38-13-3-4-20(38)16-40/h1-2,5-10,17,20,40H,3-4,11-16H2/t20-/m0/s1. The average Bonchev–Trinajstić information content (AvgIpc) is 3.58. The molecule has 1 atom stereocenters. The molecule has 0 unspecified atom stereocenters. The van der Waals surface area contributed by atoms with Crippen molar-refractivity contribution in [3.05, 3.63) is 58.6 Å². The highest BCUT2D eigenvalue weighted by Crippen LogP contribution is 2.40. The highest BCUT2D eigenvalue weighted by atomic mass is 35.5. The van der Waals surface area contributed by atoms with Gasteiger partial charge in [0.25, 0.3) is 0 Å². The Morgan fingerprint density at radius 2 is 1.62 bits per heavy atom. The Morgan fingerprint density at radius 1 is 0.900 bits per heavy atom. The summed E-state index contributed by atoms with van der Waals surface area (Å²) in [6.07, 6.45) is -2.60. The number of aromatic nitrogens is 4. The fourth-order valence-corrected chi connectivity index (χ4v) is 5.99. The number of nitrogens with zero attached hydrogens (tertiary/aromatic N) is 6. The molecular formula is C28H27Cl2F3N6O. The lowest BCUT2D eigenvalue weighted by Crippen LogP contribution is -2.40. The molecule has 0 spiro atoms. The second kappa shape index (κ2) is 10.7. The number of aliphatic hydroxyl groups is 1. The number of imidazole rings is 1. The van der Waals surface area contributed by atoms with E-state index in [1.165, 1.54) is 0 Å². The molecule has 12 heteroatoms. The van der Waals surface area contributed by atoms with Crippen LogP contribution in [-0.2, 0) is 0 Å². The van der Waals surface area contributed by atoms with Crippen LogP contribution in [0.25, 0.3) is 28.2 Å². The number of piperidine rings is 1. The smallest absolute Gasteiger partial charge is 0.391 e. The Balaban J connectivity index is 1.58. The van der Waals surface area contributed by atoms with Gasteiger partial charge >= 0.3 is 6.18 Å². The van der Waals surface area contributed by atoms with Crippen molar-refractivity contribution < 1.29 is 18.3 Å². The lowest BCUT2D eigenvalue weighted by atomic mass is 9.96. The molecule has 2 fully saturated rings. The number of benzene rings is 2. The number of hydrogen-bond donors (Lipinski definition) is 1. The summed E-state index contributed by atoms with van der Waals surface area (Å²) in [6.45, 7) is 0.997. The third kappa shape index (κ3) is 4.97. The topological polar surface area (TPSA) is 70.3 Å². The molecule has 4 heterocycles. The van der Waals surface area contributed by atoms with Gasteiger partial charge in [0.05, 0.1) is 23.6 Å². The van der Waals surface area contributed by atoms with E-state index in [0.717, 1.165) is 18.5 Å². The van der Waals surface area contributed by atoms with Gasteiger partial charge in [-0.3, -0.25) is 4.57 Å². The van der Waals surface area contributed by atoms with Crippen LogP contribution in [0.2, 0.25) is 10.0 Å². The van der Waals surface area contributed by atoms with Gasteiger partial charge in [-0.1, -0.05) is 35.3 Å². The predicted octanol–water partition coefficient (Wildman–Crippen LogP) is 6.53. The van der Waals surface area contributed by atoms with E-state index < -0.39 is 12.1 Å². The van der Waals surface area contributed by atoms with Gasteiger partial charge in [-0.2, -0.15) is 23.1 Å². The van der Waals surface area contributed by atoms with Crippen molar-refractivity contribution in [2.45, 2.75) is 37.9 Å². The first-order valence-corrected chi connectivity index (χ1v) is 14.0. The molecule has 2 aromatic carbocycles. The zero-order chi connectivity index (χ0) is 28.0. The molecule has 2 aromatic heterocycles. The van der Waals surface area contributed by atoms with Crippen molar-refractivity contribution in [3.8, 4) is 17.1 Å². The highest BCUT2D eigenvalue weighted by Gasteiger charge is 2.42. The summed E-state index contributed by atoms with van der Waals surface area (Å²) >= 11 is 12.8. The fraction of sp³-hybridized carbons (Fsp3) is 0.393. The molecule has 0 aliphatic carbocycles. The van der Waals surface area contributed by atoms with Crippen molar-refractivity contribution in [2.24, 2.45) is 5.92 Å². The second-order valence-corrected chi connectivity index (χ2v) is 11.1. The van der Waals surface area contributed by atoms with Crippen molar-refractivity contribution in [1.29, 1.82) is 0 Å². The van der Waals surface area contributed by atoms with Gasteiger partial charge in [-0.25, -0.2) is 4.98 Å². The molecule has 210 valence electrons. The summed E-state index contributed by atoms with van der Waals surface area (Å²) in [5, 5.41) is 11.1. The van der Waals surface area contributed by atoms with Crippen LogP contribution in [-0.4, -0.2) is 63.1 Å². The van der Waals surface area contributed by atoms with Gasteiger partial charge in [-0.15, -0.1) is 0 Å². The summed E-state index contributed by atoms with van der Waals surface area (Å²) < 4.78 is 42.3. The predicted molar refractivity (Wildman–Crippen MR) is 151 cm³/mol. The molecule has 0 saturated carbocycles. The van der Waals surface area contributed by atoms with Gasteiger partial charge in [0.1, 0.15) is 5.82 Å². The molecule has 0 radical (unpaired) electrons. The molecule has 2 aliphatic rings. The Hall–Kier alpha value is -3.08. The number of alkyl halides is 3. The maximum absolute atomic E-state index is 13.5. The molecule has 0 amide bonds. The fourth-order valence-electron chi connectivity index (χ4n) is 5.65. The molecule has 40 heavy (non-hydrogen) atoms. The van der Waals surface area contributed by atoms with E-state index in [0.29, 0.717) is 50.9 Å². The first kappa shape index (κ1) is 27.1.